The second-order valence-corrected chi connectivity index (χ2v) is 10.4. The molecule has 1 rings (SSSR count). The van der Waals surface area contributed by atoms with Gasteiger partial charge in [-0.3, -0.25) is 0 Å². The largest absolute Gasteiger partial charge is 0.372 e. The summed E-state index contributed by atoms with van der Waals surface area (Å²) in [6.07, 6.45) is 0. The first-order valence-electron chi connectivity index (χ1n) is 2.83. The Kier molecular flexibility index (Phi) is 2.81. The van der Waals surface area contributed by atoms with Crippen molar-refractivity contribution in [1.29, 1.82) is 0 Å². The van der Waals surface area contributed by atoms with Crippen LogP contribution in [0.1, 0.15) is 0 Å². The van der Waals surface area contributed by atoms with Crippen molar-refractivity contribution >= 4 is 44.4 Å². The molecular formula is C6H4Cl3FSi. The molecule has 0 saturated carbocycles. The maximum atomic E-state index is 12.4. The van der Waals surface area contributed by atoms with Crippen LogP contribution < -0.4 is 5.19 Å². The number of hydrogen-bond acceptors (Lipinski definition) is 0. The smallest absolute Gasteiger partial charge is 0.207 e. The highest BCUT2D eigenvalue weighted by atomic mass is 35.8. The van der Waals surface area contributed by atoms with Crippen LogP contribution in [0.4, 0.5) is 4.39 Å². The van der Waals surface area contributed by atoms with Gasteiger partial charge in [-0.05, 0) is 17.3 Å². The van der Waals surface area contributed by atoms with E-state index in [1.807, 2.05) is 0 Å². The minimum atomic E-state index is -2.81. The van der Waals surface area contributed by atoms with Crippen LogP contribution in [0.5, 0.6) is 0 Å². The SMILES string of the molecule is Fc1ccc([Si](Cl)(Cl)Cl)cc1. The average Bonchev–Trinajstić information content (AvgIpc) is 1.86. The minimum Gasteiger partial charge on any atom is -0.207 e. The van der Waals surface area contributed by atoms with Crippen LogP contribution in [0.15, 0.2) is 24.3 Å². The molecule has 0 aliphatic carbocycles. The summed E-state index contributed by atoms with van der Waals surface area (Å²) in [5.41, 5.74) is 0. The van der Waals surface area contributed by atoms with Crippen molar-refractivity contribution in [2.24, 2.45) is 0 Å². The van der Waals surface area contributed by atoms with Crippen LogP contribution >= 0.6 is 33.2 Å². The highest BCUT2D eigenvalue weighted by Crippen LogP contribution is 2.19. The van der Waals surface area contributed by atoms with Gasteiger partial charge in [0, 0.05) is 0 Å². The van der Waals surface area contributed by atoms with Crippen molar-refractivity contribution in [1.82, 2.24) is 0 Å². The van der Waals surface area contributed by atoms with Gasteiger partial charge in [0.25, 0.3) is 0 Å². The Labute approximate surface area is 79.0 Å². The number of halogens is 4. The summed E-state index contributed by atoms with van der Waals surface area (Å²) in [5, 5.41) is 0.601. The lowest BCUT2D eigenvalue weighted by molar-refractivity contribution is 0.628. The molecular weight excluding hydrogens is 226 g/mol. The van der Waals surface area contributed by atoms with Gasteiger partial charge in [0.15, 0.2) is 0 Å². The molecule has 0 saturated heterocycles. The lowest BCUT2D eigenvalue weighted by Crippen LogP contribution is -2.29. The number of hydrogen-bond donors (Lipinski definition) is 0. The fourth-order valence-corrected chi connectivity index (χ4v) is 2.32. The first-order chi connectivity index (χ1) is 5.00. The molecule has 0 unspecified atom stereocenters. The monoisotopic (exact) mass is 228 g/mol. The normalized spacial score (nSPS) is 11.6. The van der Waals surface area contributed by atoms with Gasteiger partial charge in [-0.25, -0.2) is 4.39 Å². The maximum Gasteiger partial charge on any atom is 0.372 e. The average molecular weight is 230 g/mol. The molecule has 0 aliphatic heterocycles. The molecule has 0 N–H and O–H groups in total. The maximum absolute atomic E-state index is 12.4. The van der Waals surface area contributed by atoms with Crippen molar-refractivity contribution in [3.8, 4) is 0 Å². The summed E-state index contributed by atoms with van der Waals surface area (Å²) in [7, 11) is 0. The molecule has 11 heavy (non-hydrogen) atoms. The van der Waals surface area contributed by atoms with Crippen molar-refractivity contribution in [2.45, 2.75) is 0 Å². The fourth-order valence-electron chi connectivity index (χ4n) is 0.639. The van der Waals surface area contributed by atoms with E-state index in [1.54, 1.807) is 0 Å². The topological polar surface area (TPSA) is 0 Å². The molecule has 0 bridgehead atoms. The summed E-state index contributed by atoms with van der Waals surface area (Å²) in [4.78, 5) is 0. The zero-order valence-corrected chi connectivity index (χ0v) is 8.59. The Hall–Kier alpha value is 0.237. The van der Waals surface area contributed by atoms with Gasteiger partial charge < -0.3 is 0 Å². The molecule has 0 aliphatic rings. The molecule has 0 atom stereocenters. The van der Waals surface area contributed by atoms with Crippen LogP contribution in [0, 0.1) is 5.82 Å². The molecule has 60 valence electrons. The fraction of sp³-hybridized carbons (Fsp3) is 0. The van der Waals surface area contributed by atoms with Crippen LogP contribution in [0.2, 0.25) is 0 Å². The van der Waals surface area contributed by atoms with E-state index in [1.165, 1.54) is 24.3 Å². The van der Waals surface area contributed by atoms with Crippen LogP contribution in [0.3, 0.4) is 0 Å². The highest BCUT2D eigenvalue weighted by Gasteiger charge is 2.27. The summed E-state index contributed by atoms with van der Waals surface area (Å²) in [5.74, 6) is -0.322. The third-order valence-electron chi connectivity index (χ3n) is 1.17. The Bertz CT molecular complexity index is 241. The van der Waals surface area contributed by atoms with Gasteiger partial charge in [0.05, 0.1) is 0 Å². The van der Waals surface area contributed by atoms with E-state index in [0.29, 0.717) is 5.19 Å². The molecule has 0 aromatic heterocycles. The van der Waals surface area contributed by atoms with E-state index in [4.69, 9.17) is 33.2 Å². The van der Waals surface area contributed by atoms with Gasteiger partial charge >= 0.3 is 6.00 Å². The molecule has 0 fully saturated rings. The van der Waals surface area contributed by atoms with Crippen LogP contribution in [0.25, 0.3) is 0 Å². The van der Waals surface area contributed by atoms with E-state index in [0.717, 1.165) is 0 Å². The molecule has 1 aromatic rings. The van der Waals surface area contributed by atoms with Gasteiger partial charge in [-0.2, -0.15) is 0 Å². The Morgan fingerprint density at radius 2 is 1.45 bits per heavy atom. The van der Waals surface area contributed by atoms with Gasteiger partial charge in [0.2, 0.25) is 0 Å². The van der Waals surface area contributed by atoms with Crippen LogP contribution in [-0.2, 0) is 0 Å². The second-order valence-electron chi connectivity index (χ2n) is 2.00. The molecule has 0 amide bonds. The zero-order valence-electron chi connectivity index (χ0n) is 5.32. The quantitative estimate of drug-likeness (QED) is 0.513. The van der Waals surface area contributed by atoms with E-state index in [2.05, 4.69) is 0 Å². The van der Waals surface area contributed by atoms with Gasteiger partial charge in [0.1, 0.15) is 5.82 Å². The molecule has 1 aromatic carbocycles. The number of benzene rings is 1. The predicted octanol–water partition coefficient (Wildman–Crippen LogP) is 2.69. The first kappa shape index (κ1) is 9.33. The van der Waals surface area contributed by atoms with Crippen molar-refractivity contribution in [3.05, 3.63) is 30.1 Å². The standard InChI is InChI=1S/C6H4Cl3FSi/c7-11(8,9)6-3-1-5(10)2-4-6/h1-4H. The summed E-state index contributed by atoms with van der Waals surface area (Å²) in [6.45, 7) is 0. The lowest BCUT2D eigenvalue weighted by Gasteiger charge is -2.06. The van der Waals surface area contributed by atoms with Gasteiger partial charge in [-0.15, -0.1) is 33.2 Å². The summed E-state index contributed by atoms with van der Waals surface area (Å²) < 4.78 is 12.4. The van der Waals surface area contributed by atoms with Gasteiger partial charge in [-0.1, -0.05) is 12.1 Å². The Morgan fingerprint density at radius 1 is 1.00 bits per heavy atom. The highest BCUT2D eigenvalue weighted by molar-refractivity contribution is 7.69. The summed E-state index contributed by atoms with van der Waals surface area (Å²) >= 11 is 17.0. The molecule has 0 nitrogen and oxygen atoms in total. The van der Waals surface area contributed by atoms with E-state index in [-0.39, 0.29) is 5.82 Å². The number of rotatable bonds is 1. The van der Waals surface area contributed by atoms with E-state index >= 15 is 0 Å². The van der Waals surface area contributed by atoms with Crippen molar-refractivity contribution < 1.29 is 4.39 Å². The molecule has 0 radical (unpaired) electrons. The first-order valence-corrected chi connectivity index (χ1v) is 7.86. The summed E-state index contributed by atoms with van der Waals surface area (Å²) in [6, 6.07) is 2.75. The Morgan fingerprint density at radius 3 is 1.82 bits per heavy atom. The molecule has 5 heteroatoms. The Balaban J connectivity index is 2.99. The minimum absolute atomic E-state index is 0.322. The van der Waals surface area contributed by atoms with Crippen molar-refractivity contribution in [2.75, 3.05) is 0 Å². The molecule has 0 spiro atoms. The van der Waals surface area contributed by atoms with E-state index in [9.17, 15) is 4.39 Å². The molecule has 0 heterocycles. The van der Waals surface area contributed by atoms with E-state index < -0.39 is 6.00 Å². The zero-order chi connectivity index (χ0) is 8.48. The second kappa shape index (κ2) is 3.31. The predicted molar refractivity (Wildman–Crippen MR) is 49.3 cm³/mol. The lowest BCUT2D eigenvalue weighted by atomic mass is 10.3. The third-order valence-corrected chi connectivity index (χ3v) is 4.12. The van der Waals surface area contributed by atoms with Crippen LogP contribution in [-0.4, -0.2) is 6.00 Å². The van der Waals surface area contributed by atoms with Crippen molar-refractivity contribution in [3.63, 3.8) is 0 Å². The third kappa shape index (κ3) is 2.63.